The SMILES string of the molecule is O=c1c2[nH]nc(-c3ccccc3)c2ncn1C1=CC=CC=CC1. The van der Waals surface area contributed by atoms with Crippen LogP contribution in [-0.2, 0) is 0 Å². The van der Waals surface area contributed by atoms with Gasteiger partial charge in [-0.15, -0.1) is 0 Å². The summed E-state index contributed by atoms with van der Waals surface area (Å²) in [6.07, 6.45) is 12.0. The number of nitrogens with zero attached hydrogens (tertiary/aromatic N) is 3. The number of nitrogens with one attached hydrogen (secondary N) is 1. The lowest BCUT2D eigenvalue weighted by molar-refractivity contribution is 0.950. The molecule has 0 amide bonds. The molecule has 0 saturated carbocycles. The third kappa shape index (κ3) is 2.32. The van der Waals surface area contributed by atoms with E-state index in [0.717, 1.165) is 11.3 Å². The van der Waals surface area contributed by atoms with Crippen molar-refractivity contribution in [1.29, 1.82) is 0 Å². The smallest absolute Gasteiger partial charge is 0.270 e. The fourth-order valence-electron chi connectivity index (χ4n) is 2.65. The third-order valence-electron chi connectivity index (χ3n) is 3.81. The monoisotopic (exact) mass is 302 g/mol. The van der Waals surface area contributed by atoms with Gasteiger partial charge in [0, 0.05) is 17.7 Å². The summed E-state index contributed by atoms with van der Waals surface area (Å²) in [5.41, 5.74) is 3.38. The summed E-state index contributed by atoms with van der Waals surface area (Å²) in [6.45, 7) is 0. The predicted molar refractivity (Wildman–Crippen MR) is 90.8 cm³/mol. The Morgan fingerprint density at radius 1 is 1.09 bits per heavy atom. The number of fused-ring (bicyclic) bond motifs is 1. The zero-order chi connectivity index (χ0) is 15.6. The molecule has 2 heterocycles. The van der Waals surface area contributed by atoms with Gasteiger partial charge >= 0.3 is 0 Å². The van der Waals surface area contributed by atoms with Crippen LogP contribution in [0.25, 0.3) is 28.0 Å². The quantitative estimate of drug-likeness (QED) is 0.791. The number of allylic oxidation sites excluding steroid dienone is 6. The predicted octanol–water partition coefficient (Wildman–Crippen LogP) is 3.14. The van der Waals surface area contributed by atoms with Gasteiger partial charge in [0.05, 0.1) is 0 Å². The first-order chi connectivity index (χ1) is 11.3. The molecule has 1 aliphatic carbocycles. The minimum Gasteiger partial charge on any atom is -0.270 e. The standard InChI is InChI=1S/C18H14N4O/c23-18-17-16(15(20-21-17)13-8-4-3-5-9-13)19-12-22(18)14-10-6-1-2-7-11-14/h1-10,12H,11H2,(H,20,21). The molecule has 0 fully saturated rings. The van der Waals surface area contributed by atoms with Gasteiger partial charge in [-0.25, -0.2) is 4.98 Å². The molecule has 2 aromatic heterocycles. The van der Waals surface area contributed by atoms with Gasteiger partial charge in [-0.3, -0.25) is 14.5 Å². The summed E-state index contributed by atoms with van der Waals surface area (Å²) in [5.74, 6) is 0. The molecule has 0 unspecified atom stereocenters. The summed E-state index contributed by atoms with van der Waals surface area (Å²) in [5, 5.41) is 7.12. The number of hydrogen-bond acceptors (Lipinski definition) is 3. The first-order valence-electron chi connectivity index (χ1n) is 7.38. The van der Waals surface area contributed by atoms with Crippen molar-refractivity contribution in [2.24, 2.45) is 0 Å². The minimum absolute atomic E-state index is 0.139. The van der Waals surface area contributed by atoms with Crippen LogP contribution >= 0.6 is 0 Å². The number of H-pyrrole nitrogens is 1. The topological polar surface area (TPSA) is 63.6 Å². The Hall–Kier alpha value is -3.21. The van der Waals surface area contributed by atoms with Crippen LogP contribution in [-0.4, -0.2) is 19.7 Å². The number of hydrogen-bond donors (Lipinski definition) is 1. The second kappa shape index (κ2) is 5.53. The third-order valence-corrected chi connectivity index (χ3v) is 3.81. The number of benzene rings is 1. The molecule has 0 saturated heterocycles. The molecule has 0 aliphatic heterocycles. The van der Waals surface area contributed by atoms with Crippen LogP contribution in [0.5, 0.6) is 0 Å². The zero-order valence-electron chi connectivity index (χ0n) is 12.3. The maximum absolute atomic E-state index is 12.7. The molecule has 5 heteroatoms. The molecule has 0 spiro atoms. The van der Waals surface area contributed by atoms with E-state index in [2.05, 4.69) is 15.2 Å². The molecule has 1 aromatic carbocycles. The minimum atomic E-state index is -0.139. The van der Waals surface area contributed by atoms with Crippen molar-refractivity contribution in [3.8, 4) is 11.3 Å². The lowest BCUT2D eigenvalue weighted by atomic mass is 10.1. The van der Waals surface area contributed by atoms with Crippen LogP contribution in [0.15, 0.2) is 71.8 Å². The molecule has 112 valence electrons. The van der Waals surface area contributed by atoms with E-state index in [9.17, 15) is 4.79 Å². The average molecular weight is 302 g/mol. The van der Waals surface area contributed by atoms with Gasteiger partial charge in [0.25, 0.3) is 5.56 Å². The van der Waals surface area contributed by atoms with Crippen LogP contribution in [0.1, 0.15) is 6.42 Å². The first-order valence-corrected chi connectivity index (χ1v) is 7.38. The van der Waals surface area contributed by atoms with E-state index in [1.807, 2.05) is 60.7 Å². The van der Waals surface area contributed by atoms with Gasteiger partial charge in [0.1, 0.15) is 17.5 Å². The number of aromatic amines is 1. The summed E-state index contributed by atoms with van der Waals surface area (Å²) in [6, 6.07) is 9.72. The molecule has 3 aromatic rings. The fraction of sp³-hybridized carbons (Fsp3) is 0.0556. The van der Waals surface area contributed by atoms with Crippen molar-refractivity contribution in [1.82, 2.24) is 19.7 Å². The van der Waals surface area contributed by atoms with Gasteiger partial charge < -0.3 is 0 Å². The number of aromatic nitrogens is 4. The molecule has 1 aliphatic rings. The molecule has 0 radical (unpaired) electrons. The van der Waals surface area contributed by atoms with E-state index in [1.54, 1.807) is 10.9 Å². The van der Waals surface area contributed by atoms with Crippen LogP contribution in [0.3, 0.4) is 0 Å². The Kier molecular flexibility index (Phi) is 3.24. The van der Waals surface area contributed by atoms with Gasteiger partial charge in [-0.05, 0) is 6.08 Å². The normalized spacial score (nSPS) is 14.0. The van der Waals surface area contributed by atoms with Crippen molar-refractivity contribution in [2.45, 2.75) is 6.42 Å². The summed E-state index contributed by atoms with van der Waals surface area (Å²) in [4.78, 5) is 17.2. The molecule has 5 nitrogen and oxygen atoms in total. The first kappa shape index (κ1) is 13.5. The largest absolute Gasteiger partial charge is 0.283 e. The highest BCUT2D eigenvalue weighted by Crippen LogP contribution is 2.23. The summed E-state index contributed by atoms with van der Waals surface area (Å²) in [7, 11) is 0. The highest BCUT2D eigenvalue weighted by atomic mass is 16.1. The second-order valence-electron chi connectivity index (χ2n) is 5.26. The highest BCUT2D eigenvalue weighted by Gasteiger charge is 2.14. The lowest BCUT2D eigenvalue weighted by Crippen LogP contribution is -2.19. The Morgan fingerprint density at radius 3 is 2.83 bits per heavy atom. The molecule has 0 bridgehead atoms. The highest BCUT2D eigenvalue weighted by molar-refractivity contribution is 5.89. The van der Waals surface area contributed by atoms with E-state index < -0.39 is 0 Å². The van der Waals surface area contributed by atoms with Crippen LogP contribution in [0.4, 0.5) is 0 Å². The van der Waals surface area contributed by atoms with E-state index in [0.29, 0.717) is 23.1 Å². The maximum atomic E-state index is 12.7. The molecular formula is C18H14N4O. The summed E-state index contributed by atoms with van der Waals surface area (Å²) >= 11 is 0. The summed E-state index contributed by atoms with van der Waals surface area (Å²) < 4.78 is 1.56. The molecule has 4 rings (SSSR count). The van der Waals surface area contributed by atoms with Crippen LogP contribution in [0.2, 0.25) is 0 Å². The lowest BCUT2D eigenvalue weighted by Gasteiger charge is -2.07. The van der Waals surface area contributed by atoms with Crippen molar-refractivity contribution in [2.75, 3.05) is 0 Å². The fourth-order valence-corrected chi connectivity index (χ4v) is 2.65. The Morgan fingerprint density at radius 2 is 1.96 bits per heavy atom. The van der Waals surface area contributed by atoms with Crippen LogP contribution in [0, 0.1) is 0 Å². The zero-order valence-corrected chi connectivity index (χ0v) is 12.3. The van der Waals surface area contributed by atoms with Gasteiger partial charge in [0.2, 0.25) is 0 Å². The molecular weight excluding hydrogens is 288 g/mol. The molecule has 0 atom stereocenters. The van der Waals surface area contributed by atoms with Crippen molar-refractivity contribution >= 4 is 16.7 Å². The average Bonchev–Trinajstić information content (AvgIpc) is 2.84. The second-order valence-corrected chi connectivity index (χ2v) is 5.26. The number of rotatable bonds is 2. The molecule has 23 heavy (non-hydrogen) atoms. The van der Waals surface area contributed by atoms with Crippen LogP contribution < -0.4 is 5.56 Å². The Balaban J connectivity index is 1.88. The molecule has 1 N–H and O–H groups in total. The Labute approximate surface area is 132 Å². The van der Waals surface area contributed by atoms with Gasteiger partial charge in [-0.2, -0.15) is 5.10 Å². The van der Waals surface area contributed by atoms with E-state index in [1.165, 1.54) is 0 Å². The van der Waals surface area contributed by atoms with Gasteiger partial charge in [0.15, 0.2) is 5.52 Å². The Bertz CT molecular complexity index is 1010. The van der Waals surface area contributed by atoms with E-state index >= 15 is 0 Å². The van der Waals surface area contributed by atoms with Crippen molar-refractivity contribution in [3.05, 3.63) is 77.4 Å². The maximum Gasteiger partial charge on any atom is 0.283 e. The van der Waals surface area contributed by atoms with E-state index in [-0.39, 0.29) is 5.56 Å². The van der Waals surface area contributed by atoms with E-state index in [4.69, 9.17) is 0 Å². The van der Waals surface area contributed by atoms with Crippen molar-refractivity contribution < 1.29 is 0 Å². The van der Waals surface area contributed by atoms with Crippen molar-refractivity contribution in [3.63, 3.8) is 0 Å². The van der Waals surface area contributed by atoms with Gasteiger partial charge in [-0.1, -0.05) is 54.6 Å².